The number of hydrogen-bond donors (Lipinski definition) is 0. The Labute approximate surface area is 136 Å². The van der Waals surface area contributed by atoms with Gasteiger partial charge in [0.05, 0.1) is 11.4 Å². The van der Waals surface area contributed by atoms with Gasteiger partial charge in [0.2, 0.25) is 5.91 Å². The SMILES string of the molecule is Cc1cnc(C2CCN(C(=O)Cc3ccccc3C)CC2)s1. The Kier molecular flexibility index (Phi) is 4.57. The van der Waals surface area contributed by atoms with Crippen LogP contribution in [0.15, 0.2) is 30.5 Å². The Bertz CT molecular complexity index is 657. The Morgan fingerprint density at radius 1 is 1.27 bits per heavy atom. The highest BCUT2D eigenvalue weighted by Gasteiger charge is 2.25. The van der Waals surface area contributed by atoms with Gasteiger partial charge in [-0.25, -0.2) is 4.98 Å². The van der Waals surface area contributed by atoms with Crippen LogP contribution in [-0.2, 0) is 11.2 Å². The first-order valence-electron chi connectivity index (χ1n) is 7.88. The third-order valence-electron chi connectivity index (χ3n) is 4.44. The van der Waals surface area contributed by atoms with Crippen LogP contribution in [-0.4, -0.2) is 28.9 Å². The van der Waals surface area contributed by atoms with Crippen molar-refractivity contribution in [2.45, 2.75) is 39.0 Å². The minimum Gasteiger partial charge on any atom is -0.342 e. The normalized spacial score (nSPS) is 16.0. The first-order chi connectivity index (χ1) is 10.6. The molecule has 2 aromatic rings. The van der Waals surface area contributed by atoms with Gasteiger partial charge in [0.1, 0.15) is 0 Å². The minimum atomic E-state index is 0.253. The van der Waals surface area contributed by atoms with Crippen LogP contribution in [0, 0.1) is 13.8 Å². The minimum absolute atomic E-state index is 0.253. The fraction of sp³-hybridized carbons (Fsp3) is 0.444. The number of amides is 1. The maximum Gasteiger partial charge on any atom is 0.226 e. The highest BCUT2D eigenvalue weighted by atomic mass is 32.1. The van der Waals surface area contributed by atoms with Gasteiger partial charge in [-0.3, -0.25) is 4.79 Å². The lowest BCUT2D eigenvalue weighted by Crippen LogP contribution is -2.38. The third-order valence-corrected chi connectivity index (χ3v) is 5.51. The van der Waals surface area contributed by atoms with Crippen LogP contribution in [0.1, 0.15) is 39.8 Å². The summed E-state index contributed by atoms with van der Waals surface area (Å²) < 4.78 is 0. The topological polar surface area (TPSA) is 33.2 Å². The van der Waals surface area contributed by atoms with Crippen LogP contribution in [0.25, 0.3) is 0 Å². The molecule has 1 saturated heterocycles. The van der Waals surface area contributed by atoms with E-state index in [-0.39, 0.29) is 5.91 Å². The largest absolute Gasteiger partial charge is 0.342 e. The molecule has 1 fully saturated rings. The third kappa shape index (κ3) is 3.38. The van der Waals surface area contributed by atoms with Crippen molar-refractivity contribution in [3.63, 3.8) is 0 Å². The molecule has 0 bridgehead atoms. The van der Waals surface area contributed by atoms with Gasteiger partial charge < -0.3 is 4.90 Å². The van der Waals surface area contributed by atoms with E-state index >= 15 is 0 Å². The molecule has 0 spiro atoms. The zero-order valence-corrected chi connectivity index (χ0v) is 14.0. The van der Waals surface area contributed by atoms with Crippen molar-refractivity contribution in [1.29, 1.82) is 0 Å². The summed E-state index contributed by atoms with van der Waals surface area (Å²) in [5.74, 6) is 0.782. The maximum atomic E-state index is 12.5. The summed E-state index contributed by atoms with van der Waals surface area (Å²) in [6.07, 6.45) is 4.54. The summed E-state index contributed by atoms with van der Waals surface area (Å²) in [6, 6.07) is 8.15. The molecule has 116 valence electrons. The average Bonchev–Trinajstić information content (AvgIpc) is 2.96. The molecule has 0 aliphatic carbocycles. The van der Waals surface area contributed by atoms with E-state index in [1.165, 1.54) is 15.4 Å². The zero-order valence-electron chi connectivity index (χ0n) is 13.2. The molecule has 1 amide bonds. The number of carbonyl (C=O) groups excluding carboxylic acids is 1. The summed E-state index contributed by atoms with van der Waals surface area (Å²) in [5.41, 5.74) is 2.34. The van der Waals surface area contributed by atoms with Crippen LogP contribution in [0.4, 0.5) is 0 Å². The van der Waals surface area contributed by atoms with E-state index in [1.807, 2.05) is 23.2 Å². The lowest BCUT2D eigenvalue weighted by molar-refractivity contribution is -0.131. The maximum absolute atomic E-state index is 12.5. The molecule has 1 aromatic heterocycles. The Morgan fingerprint density at radius 3 is 2.64 bits per heavy atom. The van der Waals surface area contributed by atoms with E-state index in [0.29, 0.717) is 12.3 Å². The molecule has 2 heterocycles. The van der Waals surface area contributed by atoms with E-state index in [4.69, 9.17) is 0 Å². The summed E-state index contributed by atoms with van der Waals surface area (Å²) in [6.45, 7) is 5.88. The molecule has 0 saturated carbocycles. The fourth-order valence-electron chi connectivity index (χ4n) is 3.02. The Balaban J connectivity index is 1.57. The number of thiazole rings is 1. The lowest BCUT2D eigenvalue weighted by Gasteiger charge is -2.31. The second-order valence-corrected chi connectivity index (χ2v) is 7.33. The number of carbonyl (C=O) groups is 1. The molecule has 0 atom stereocenters. The van der Waals surface area contributed by atoms with Crippen LogP contribution < -0.4 is 0 Å². The van der Waals surface area contributed by atoms with Crippen molar-refractivity contribution in [1.82, 2.24) is 9.88 Å². The van der Waals surface area contributed by atoms with Crippen molar-refractivity contribution < 1.29 is 4.79 Å². The van der Waals surface area contributed by atoms with E-state index in [1.54, 1.807) is 11.3 Å². The fourth-order valence-corrected chi connectivity index (χ4v) is 3.96. The van der Waals surface area contributed by atoms with Gasteiger partial charge in [-0.15, -0.1) is 11.3 Å². The first kappa shape index (κ1) is 15.2. The zero-order chi connectivity index (χ0) is 15.5. The molecule has 4 heteroatoms. The van der Waals surface area contributed by atoms with Crippen molar-refractivity contribution in [3.05, 3.63) is 51.5 Å². The summed E-state index contributed by atoms with van der Waals surface area (Å²) in [5, 5.41) is 1.24. The van der Waals surface area contributed by atoms with Crippen molar-refractivity contribution in [3.8, 4) is 0 Å². The van der Waals surface area contributed by atoms with Gasteiger partial charge in [0.25, 0.3) is 0 Å². The molecule has 0 N–H and O–H groups in total. The number of piperidine rings is 1. The first-order valence-corrected chi connectivity index (χ1v) is 8.70. The molecule has 0 unspecified atom stereocenters. The molecule has 3 rings (SSSR count). The lowest BCUT2D eigenvalue weighted by atomic mass is 9.96. The van der Waals surface area contributed by atoms with E-state index in [2.05, 4.69) is 31.0 Å². The smallest absolute Gasteiger partial charge is 0.226 e. The Hall–Kier alpha value is -1.68. The van der Waals surface area contributed by atoms with Crippen LogP contribution in [0.3, 0.4) is 0 Å². The predicted octanol–water partition coefficient (Wildman–Crippen LogP) is 3.71. The summed E-state index contributed by atoms with van der Waals surface area (Å²) in [4.78, 5) is 20.3. The summed E-state index contributed by atoms with van der Waals surface area (Å²) in [7, 11) is 0. The Morgan fingerprint density at radius 2 is 2.00 bits per heavy atom. The van der Waals surface area contributed by atoms with E-state index in [0.717, 1.165) is 31.5 Å². The molecule has 1 aliphatic heterocycles. The van der Waals surface area contributed by atoms with Crippen molar-refractivity contribution in [2.24, 2.45) is 0 Å². The molecule has 0 radical (unpaired) electrons. The van der Waals surface area contributed by atoms with E-state index < -0.39 is 0 Å². The monoisotopic (exact) mass is 314 g/mol. The standard InChI is InChI=1S/C18H22N2OS/c1-13-5-3-4-6-16(13)11-17(21)20-9-7-15(8-10-20)18-19-12-14(2)22-18/h3-6,12,15H,7-11H2,1-2H3. The van der Waals surface area contributed by atoms with Crippen LogP contribution in [0.2, 0.25) is 0 Å². The second-order valence-electron chi connectivity index (χ2n) is 6.07. The van der Waals surface area contributed by atoms with Crippen LogP contribution in [0.5, 0.6) is 0 Å². The van der Waals surface area contributed by atoms with Crippen LogP contribution >= 0.6 is 11.3 Å². The quantitative estimate of drug-likeness (QED) is 0.865. The predicted molar refractivity (Wildman–Crippen MR) is 90.3 cm³/mol. The van der Waals surface area contributed by atoms with Gasteiger partial charge >= 0.3 is 0 Å². The average molecular weight is 314 g/mol. The van der Waals surface area contributed by atoms with Gasteiger partial charge in [0, 0.05) is 30.1 Å². The molecular formula is C18H22N2OS. The number of rotatable bonds is 3. The van der Waals surface area contributed by atoms with Crippen molar-refractivity contribution in [2.75, 3.05) is 13.1 Å². The second kappa shape index (κ2) is 6.61. The highest BCUT2D eigenvalue weighted by molar-refractivity contribution is 7.11. The van der Waals surface area contributed by atoms with Gasteiger partial charge in [0.15, 0.2) is 0 Å². The molecule has 1 aliphatic rings. The number of nitrogens with zero attached hydrogens (tertiary/aromatic N) is 2. The van der Waals surface area contributed by atoms with Gasteiger partial charge in [-0.1, -0.05) is 24.3 Å². The number of aryl methyl sites for hydroxylation is 2. The summed E-state index contributed by atoms with van der Waals surface area (Å²) >= 11 is 1.79. The number of hydrogen-bond acceptors (Lipinski definition) is 3. The number of likely N-dealkylation sites (tertiary alicyclic amines) is 1. The molecule has 3 nitrogen and oxygen atoms in total. The van der Waals surface area contributed by atoms with Gasteiger partial charge in [-0.05, 0) is 37.8 Å². The number of benzene rings is 1. The highest BCUT2D eigenvalue weighted by Crippen LogP contribution is 2.31. The molecule has 22 heavy (non-hydrogen) atoms. The number of aromatic nitrogens is 1. The van der Waals surface area contributed by atoms with Crippen molar-refractivity contribution >= 4 is 17.2 Å². The molecule has 1 aromatic carbocycles. The molecular weight excluding hydrogens is 292 g/mol. The van der Waals surface area contributed by atoms with E-state index in [9.17, 15) is 4.79 Å². The van der Waals surface area contributed by atoms with Gasteiger partial charge in [-0.2, -0.15) is 0 Å².